The average Bonchev–Trinajstić information content (AvgIpc) is 2.42. The number of amides is 1. The summed E-state index contributed by atoms with van der Waals surface area (Å²) in [6, 6.07) is 7.88. The predicted octanol–water partition coefficient (Wildman–Crippen LogP) is 1.35. The summed E-state index contributed by atoms with van der Waals surface area (Å²) in [6.45, 7) is 4.11. The molecule has 104 valence electrons. The van der Waals surface area contributed by atoms with Gasteiger partial charge in [0.2, 0.25) is 5.91 Å². The Kier molecular flexibility index (Phi) is 4.80. The number of rotatable bonds is 4. The van der Waals surface area contributed by atoms with Crippen molar-refractivity contribution in [1.82, 2.24) is 10.6 Å². The van der Waals surface area contributed by atoms with E-state index in [-0.39, 0.29) is 11.9 Å². The summed E-state index contributed by atoms with van der Waals surface area (Å²) in [5.41, 5.74) is 1.01. The lowest BCUT2D eigenvalue weighted by Crippen LogP contribution is -2.50. The number of nitrogens with one attached hydrogen (secondary N) is 2. The Morgan fingerprint density at radius 2 is 2.16 bits per heavy atom. The number of methoxy groups -OCH3 is 1. The van der Waals surface area contributed by atoms with E-state index in [2.05, 4.69) is 17.6 Å². The zero-order valence-corrected chi connectivity index (χ0v) is 11.6. The zero-order valence-electron chi connectivity index (χ0n) is 11.6. The summed E-state index contributed by atoms with van der Waals surface area (Å²) < 4.78 is 5.10. The summed E-state index contributed by atoms with van der Waals surface area (Å²) in [5, 5.41) is 6.43. The molecule has 0 saturated carbocycles. The highest BCUT2D eigenvalue weighted by atomic mass is 16.5. The molecule has 1 heterocycles. The molecule has 1 saturated heterocycles. The highest BCUT2D eigenvalue weighted by molar-refractivity contribution is 5.79. The van der Waals surface area contributed by atoms with Gasteiger partial charge in [-0.15, -0.1) is 0 Å². The van der Waals surface area contributed by atoms with E-state index in [1.807, 2.05) is 24.3 Å². The molecule has 0 aromatic heterocycles. The number of piperidine rings is 1. The van der Waals surface area contributed by atoms with Crippen LogP contribution in [0, 0.1) is 5.92 Å². The second-order valence-corrected chi connectivity index (χ2v) is 5.17. The van der Waals surface area contributed by atoms with Crippen LogP contribution in [0.15, 0.2) is 24.3 Å². The Balaban J connectivity index is 1.86. The molecule has 1 aliphatic rings. The van der Waals surface area contributed by atoms with Crippen LogP contribution in [0.5, 0.6) is 5.75 Å². The molecule has 1 aromatic carbocycles. The van der Waals surface area contributed by atoms with Gasteiger partial charge in [-0.3, -0.25) is 4.79 Å². The van der Waals surface area contributed by atoms with Crippen LogP contribution in [-0.2, 0) is 11.2 Å². The normalized spacial score (nSPS) is 22.8. The van der Waals surface area contributed by atoms with Gasteiger partial charge in [-0.25, -0.2) is 0 Å². The third kappa shape index (κ3) is 3.96. The first-order valence-electron chi connectivity index (χ1n) is 6.82. The Hall–Kier alpha value is -1.55. The van der Waals surface area contributed by atoms with Crippen LogP contribution in [0.3, 0.4) is 0 Å². The van der Waals surface area contributed by atoms with Crippen molar-refractivity contribution in [2.24, 2.45) is 5.92 Å². The van der Waals surface area contributed by atoms with Crippen molar-refractivity contribution in [3.63, 3.8) is 0 Å². The second kappa shape index (κ2) is 6.57. The molecule has 19 heavy (non-hydrogen) atoms. The van der Waals surface area contributed by atoms with Gasteiger partial charge in [0, 0.05) is 12.6 Å². The van der Waals surface area contributed by atoms with E-state index in [0.29, 0.717) is 12.3 Å². The fourth-order valence-corrected chi connectivity index (χ4v) is 2.37. The van der Waals surface area contributed by atoms with Crippen molar-refractivity contribution in [1.29, 1.82) is 0 Å². The third-order valence-corrected chi connectivity index (χ3v) is 3.70. The maximum absolute atomic E-state index is 12.0. The van der Waals surface area contributed by atoms with Gasteiger partial charge in [-0.1, -0.05) is 19.1 Å². The van der Waals surface area contributed by atoms with Crippen LogP contribution >= 0.6 is 0 Å². The number of carbonyl (C=O) groups excluding carboxylic acids is 1. The van der Waals surface area contributed by atoms with Crippen molar-refractivity contribution in [2.75, 3.05) is 20.2 Å². The minimum Gasteiger partial charge on any atom is -0.497 e. The first-order chi connectivity index (χ1) is 9.19. The highest BCUT2D eigenvalue weighted by Gasteiger charge is 2.22. The van der Waals surface area contributed by atoms with E-state index >= 15 is 0 Å². The van der Waals surface area contributed by atoms with Gasteiger partial charge in [0.15, 0.2) is 0 Å². The molecule has 2 N–H and O–H groups in total. The van der Waals surface area contributed by atoms with Crippen molar-refractivity contribution < 1.29 is 9.53 Å². The van der Waals surface area contributed by atoms with Crippen molar-refractivity contribution in [3.8, 4) is 5.75 Å². The van der Waals surface area contributed by atoms with Crippen LogP contribution in [0.25, 0.3) is 0 Å². The lowest BCUT2D eigenvalue weighted by Gasteiger charge is -2.30. The van der Waals surface area contributed by atoms with E-state index in [0.717, 1.165) is 30.8 Å². The van der Waals surface area contributed by atoms with Gasteiger partial charge in [-0.05, 0) is 36.6 Å². The Bertz CT molecular complexity index is 417. The molecular formula is C15H22N2O2. The zero-order chi connectivity index (χ0) is 13.7. The molecule has 0 aliphatic carbocycles. The molecule has 0 bridgehead atoms. The summed E-state index contributed by atoms with van der Waals surface area (Å²) in [5.74, 6) is 1.45. The summed E-state index contributed by atoms with van der Waals surface area (Å²) in [6.07, 6.45) is 1.54. The lowest BCUT2D eigenvalue weighted by molar-refractivity contribution is -0.121. The van der Waals surface area contributed by atoms with Crippen molar-refractivity contribution in [3.05, 3.63) is 29.8 Å². The van der Waals surface area contributed by atoms with E-state index in [9.17, 15) is 4.79 Å². The molecule has 1 fully saturated rings. The van der Waals surface area contributed by atoms with Crippen LogP contribution in [0.1, 0.15) is 18.9 Å². The van der Waals surface area contributed by atoms with Gasteiger partial charge in [-0.2, -0.15) is 0 Å². The van der Waals surface area contributed by atoms with Gasteiger partial charge < -0.3 is 15.4 Å². The minimum absolute atomic E-state index is 0.0886. The van der Waals surface area contributed by atoms with Gasteiger partial charge in [0.05, 0.1) is 13.5 Å². The van der Waals surface area contributed by atoms with E-state index in [4.69, 9.17) is 4.74 Å². The lowest BCUT2D eigenvalue weighted by atomic mass is 9.94. The average molecular weight is 262 g/mol. The topological polar surface area (TPSA) is 50.4 Å². The molecule has 1 amide bonds. The van der Waals surface area contributed by atoms with Crippen molar-refractivity contribution >= 4 is 5.91 Å². The molecule has 1 aliphatic heterocycles. The number of carbonyl (C=O) groups is 1. The number of hydrogen-bond donors (Lipinski definition) is 2. The van der Waals surface area contributed by atoms with E-state index in [1.54, 1.807) is 7.11 Å². The Labute approximate surface area is 114 Å². The summed E-state index contributed by atoms with van der Waals surface area (Å²) >= 11 is 0. The Morgan fingerprint density at radius 1 is 1.42 bits per heavy atom. The second-order valence-electron chi connectivity index (χ2n) is 5.17. The largest absolute Gasteiger partial charge is 0.497 e. The number of ether oxygens (including phenoxy) is 1. The molecule has 4 nitrogen and oxygen atoms in total. The van der Waals surface area contributed by atoms with Crippen LogP contribution in [0.4, 0.5) is 0 Å². The summed E-state index contributed by atoms with van der Waals surface area (Å²) in [4.78, 5) is 12.0. The highest BCUT2D eigenvalue weighted by Crippen LogP contribution is 2.13. The monoisotopic (exact) mass is 262 g/mol. The standard InChI is InChI=1S/C15H22N2O2/c1-11-7-8-16-10-14(11)17-15(18)9-12-3-5-13(19-2)6-4-12/h3-6,11,14,16H,7-10H2,1-2H3,(H,17,18). The molecule has 2 atom stereocenters. The first-order valence-corrected chi connectivity index (χ1v) is 6.82. The fraction of sp³-hybridized carbons (Fsp3) is 0.533. The molecule has 0 radical (unpaired) electrons. The first kappa shape index (κ1) is 13.9. The molecule has 1 aromatic rings. The van der Waals surface area contributed by atoms with Gasteiger partial charge in [0.1, 0.15) is 5.75 Å². The minimum atomic E-state index is 0.0886. The quantitative estimate of drug-likeness (QED) is 0.861. The van der Waals surface area contributed by atoms with E-state index < -0.39 is 0 Å². The predicted molar refractivity (Wildman–Crippen MR) is 75.3 cm³/mol. The third-order valence-electron chi connectivity index (χ3n) is 3.70. The van der Waals surface area contributed by atoms with Crippen LogP contribution in [-0.4, -0.2) is 32.1 Å². The van der Waals surface area contributed by atoms with Gasteiger partial charge >= 0.3 is 0 Å². The van der Waals surface area contributed by atoms with Gasteiger partial charge in [0.25, 0.3) is 0 Å². The molecule has 2 unspecified atom stereocenters. The molecule has 2 rings (SSSR count). The number of hydrogen-bond acceptors (Lipinski definition) is 3. The van der Waals surface area contributed by atoms with Crippen LogP contribution in [0.2, 0.25) is 0 Å². The smallest absolute Gasteiger partial charge is 0.224 e. The van der Waals surface area contributed by atoms with Crippen LogP contribution < -0.4 is 15.4 Å². The summed E-state index contributed by atoms with van der Waals surface area (Å²) in [7, 11) is 1.64. The molecule has 0 spiro atoms. The SMILES string of the molecule is COc1ccc(CC(=O)NC2CNCCC2C)cc1. The van der Waals surface area contributed by atoms with E-state index in [1.165, 1.54) is 0 Å². The maximum atomic E-state index is 12.0. The number of benzene rings is 1. The van der Waals surface area contributed by atoms with Crippen molar-refractivity contribution in [2.45, 2.75) is 25.8 Å². The molecular weight excluding hydrogens is 240 g/mol. The molecule has 4 heteroatoms. The fourth-order valence-electron chi connectivity index (χ4n) is 2.37. The maximum Gasteiger partial charge on any atom is 0.224 e. The Morgan fingerprint density at radius 3 is 2.79 bits per heavy atom.